The van der Waals surface area contributed by atoms with Gasteiger partial charge in [0, 0.05) is 4.21 Å². The maximum absolute atomic E-state index is 11.7. The Morgan fingerprint density at radius 3 is 2.22 bits per heavy atom. The summed E-state index contributed by atoms with van der Waals surface area (Å²) in [7, 11) is 0.784. The maximum atomic E-state index is 11.7. The van der Waals surface area contributed by atoms with Gasteiger partial charge in [-0.05, 0) is 0 Å². The number of hydrogen-bond donors (Lipinski definition) is 0. The van der Waals surface area contributed by atoms with Gasteiger partial charge in [0.2, 0.25) is 0 Å². The topological polar surface area (TPSA) is 43.4 Å². The van der Waals surface area contributed by atoms with Crippen molar-refractivity contribution in [1.82, 2.24) is 0 Å². The summed E-state index contributed by atoms with van der Waals surface area (Å²) >= 11 is -1.10. The van der Waals surface area contributed by atoms with Crippen molar-refractivity contribution in [3.63, 3.8) is 0 Å². The van der Waals surface area contributed by atoms with Crippen LogP contribution in [0.1, 0.15) is 0 Å². The molecule has 0 aromatic rings. The Kier molecular flexibility index (Phi) is 2.57. The van der Waals surface area contributed by atoms with E-state index in [0.29, 0.717) is 0 Å². The number of alkyl halides is 2. The molecule has 0 rings (SSSR count). The van der Waals surface area contributed by atoms with Crippen molar-refractivity contribution in [3.05, 3.63) is 0 Å². The number of carbonyl (C=O) groups excluding carboxylic acids is 1. The van der Waals surface area contributed by atoms with Crippen LogP contribution in [0.4, 0.5) is 8.78 Å². The number of rotatable bonds is 2. The van der Waals surface area contributed by atoms with Crippen LogP contribution in [-0.4, -0.2) is 18.3 Å². The molecule has 0 fully saturated rings. The van der Waals surface area contributed by atoms with Crippen LogP contribution in [0, 0.1) is 0 Å². The second-order valence-electron chi connectivity index (χ2n) is 1.09. The fourth-order valence-electron chi connectivity index (χ4n) is 0.153. The van der Waals surface area contributed by atoms with Crippen molar-refractivity contribution in [1.29, 1.82) is 0 Å². The Hall–Kier alpha value is -0.650. The van der Waals surface area contributed by atoms with Crippen LogP contribution in [0.25, 0.3) is 0 Å². The minimum atomic E-state index is -3.95. The van der Waals surface area contributed by atoms with Crippen LogP contribution < -0.4 is 0 Å². The minimum Gasteiger partial charge on any atom is -0.460 e. The van der Waals surface area contributed by atoms with Crippen molar-refractivity contribution >= 4 is 17.6 Å². The van der Waals surface area contributed by atoms with Gasteiger partial charge in [-0.2, -0.15) is 0 Å². The smallest absolute Gasteiger partial charge is 0.460 e. The molecular formula is C3H3F2O3S+. The van der Waals surface area contributed by atoms with Crippen molar-refractivity contribution < 1.29 is 22.5 Å². The Bertz CT molecular complexity index is 135. The molecule has 0 unspecified atom stereocenters. The highest BCUT2D eigenvalue weighted by atomic mass is 32.1. The van der Waals surface area contributed by atoms with Crippen molar-refractivity contribution in [2.24, 2.45) is 0 Å². The molecule has 6 heteroatoms. The highest BCUT2D eigenvalue weighted by Crippen LogP contribution is 2.12. The molecule has 3 nitrogen and oxygen atoms in total. The van der Waals surface area contributed by atoms with E-state index < -0.39 is 22.9 Å². The number of esters is 1. The van der Waals surface area contributed by atoms with Crippen molar-refractivity contribution in [2.75, 3.05) is 7.11 Å². The molecule has 9 heavy (non-hydrogen) atoms. The van der Waals surface area contributed by atoms with E-state index in [4.69, 9.17) is 0 Å². The van der Waals surface area contributed by atoms with Crippen molar-refractivity contribution in [3.8, 4) is 0 Å². The Morgan fingerprint density at radius 2 is 2.11 bits per heavy atom. The highest BCUT2D eigenvalue weighted by molar-refractivity contribution is 7.67. The lowest BCUT2D eigenvalue weighted by Gasteiger charge is -1.92. The molecule has 0 aliphatic rings. The molecule has 52 valence electrons. The Balaban J connectivity index is 4.14. The lowest BCUT2D eigenvalue weighted by molar-refractivity contribution is -0.157. The summed E-state index contributed by atoms with van der Waals surface area (Å²) < 4.78 is 36.5. The van der Waals surface area contributed by atoms with Gasteiger partial charge in [-0.25, -0.2) is 4.79 Å². The minimum absolute atomic E-state index is 0.784. The third kappa shape index (κ3) is 1.96. The molecule has 0 saturated carbocycles. The SMILES string of the molecule is COC(=O)C(F)(F)[S+]=O. The highest BCUT2D eigenvalue weighted by Gasteiger charge is 2.57. The van der Waals surface area contributed by atoms with E-state index in [1.165, 1.54) is 0 Å². The molecule has 0 aliphatic heterocycles. The number of carbonyl (C=O) groups is 1. The summed E-state index contributed by atoms with van der Waals surface area (Å²) in [5.41, 5.74) is 0. The lowest BCUT2D eigenvalue weighted by Crippen LogP contribution is -2.28. The summed E-state index contributed by atoms with van der Waals surface area (Å²) in [5, 5.41) is -3.95. The zero-order valence-corrected chi connectivity index (χ0v) is 5.21. The largest absolute Gasteiger partial charge is 0.629 e. The van der Waals surface area contributed by atoms with E-state index >= 15 is 0 Å². The second-order valence-corrected chi connectivity index (χ2v) is 1.77. The second kappa shape index (κ2) is 2.77. The zero-order valence-electron chi connectivity index (χ0n) is 4.39. The predicted octanol–water partition coefficient (Wildman–Crippen LogP) is 0.180. The Morgan fingerprint density at radius 1 is 1.67 bits per heavy atom. The standard InChI is InChI=1S/C3H3F2O3S/c1-8-2(6)3(4,5)9-7/h1H3/q+1. The number of ether oxygens (including phenoxy) is 1. The number of methoxy groups -OCH3 is 1. The van der Waals surface area contributed by atoms with Crippen LogP contribution >= 0.6 is 0 Å². The van der Waals surface area contributed by atoms with Gasteiger partial charge in [-0.15, -0.1) is 8.78 Å². The van der Waals surface area contributed by atoms with Gasteiger partial charge in [0.15, 0.2) is 0 Å². The summed E-state index contributed by atoms with van der Waals surface area (Å²) in [5.74, 6) is -1.82. The van der Waals surface area contributed by atoms with E-state index in [2.05, 4.69) is 4.74 Å². The molecule has 0 heterocycles. The van der Waals surface area contributed by atoms with E-state index in [1.54, 1.807) is 0 Å². The lowest BCUT2D eigenvalue weighted by atomic mass is 10.7. The fourth-order valence-corrected chi connectivity index (χ4v) is 0.304. The first-order valence-electron chi connectivity index (χ1n) is 1.82. The molecule has 0 amide bonds. The Labute approximate surface area is 53.5 Å². The summed E-state index contributed by atoms with van der Waals surface area (Å²) in [6.07, 6.45) is 0. The quantitative estimate of drug-likeness (QED) is 0.424. The predicted molar refractivity (Wildman–Crippen MR) is 25.0 cm³/mol. The molecule has 0 saturated heterocycles. The van der Waals surface area contributed by atoms with Gasteiger partial charge in [-0.1, -0.05) is 0 Å². The van der Waals surface area contributed by atoms with Crippen LogP contribution in [0.2, 0.25) is 0 Å². The molecule has 0 spiro atoms. The fraction of sp³-hybridized carbons (Fsp3) is 0.667. The van der Waals surface area contributed by atoms with Gasteiger partial charge in [0.1, 0.15) is 0 Å². The third-order valence-electron chi connectivity index (χ3n) is 0.528. The van der Waals surface area contributed by atoms with Crippen molar-refractivity contribution in [2.45, 2.75) is 5.25 Å². The first kappa shape index (κ1) is 8.35. The summed E-state index contributed by atoms with van der Waals surface area (Å²) in [6.45, 7) is 0. The monoisotopic (exact) mass is 157 g/mol. The van der Waals surface area contributed by atoms with E-state index in [0.717, 1.165) is 7.11 Å². The molecule has 0 aromatic carbocycles. The van der Waals surface area contributed by atoms with Gasteiger partial charge < -0.3 is 4.74 Å². The number of halogens is 2. The molecule has 0 N–H and O–H groups in total. The normalized spacial score (nSPS) is 10.6. The first-order valence-corrected chi connectivity index (χ1v) is 2.56. The zero-order chi connectivity index (χ0) is 7.49. The van der Waals surface area contributed by atoms with Crippen LogP contribution in [0.3, 0.4) is 0 Å². The molecular weight excluding hydrogens is 154 g/mol. The van der Waals surface area contributed by atoms with E-state index in [-0.39, 0.29) is 0 Å². The maximum Gasteiger partial charge on any atom is 0.629 e. The van der Waals surface area contributed by atoms with E-state index in [9.17, 15) is 17.8 Å². The van der Waals surface area contributed by atoms with Gasteiger partial charge in [0.25, 0.3) is 0 Å². The van der Waals surface area contributed by atoms with E-state index in [1.807, 2.05) is 0 Å². The molecule has 0 radical (unpaired) electrons. The van der Waals surface area contributed by atoms with Crippen LogP contribution in [-0.2, 0) is 25.4 Å². The molecule has 0 aromatic heterocycles. The van der Waals surface area contributed by atoms with Gasteiger partial charge in [-0.3, -0.25) is 0 Å². The first-order chi connectivity index (χ1) is 4.04. The van der Waals surface area contributed by atoms with Crippen LogP contribution in [0.15, 0.2) is 0 Å². The summed E-state index contributed by atoms with van der Waals surface area (Å²) in [6, 6.07) is 0. The summed E-state index contributed by atoms with van der Waals surface area (Å²) in [4.78, 5) is 9.87. The molecule has 0 bridgehead atoms. The van der Waals surface area contributed by atoms with Gasteiger partial charge >= 0.3 is 22.9 Å². The van der Waals surface area contributed by atoms with Gasteiger partial charge in [0.05, 0.1) is 7.11 Å². The average Bonchev–Trinajstić information content (AvgIpc) is 1.86. The molecule has 0 atom stereocenters. The third-order valence-corrected chi connectivity index (χ3v) is 0.904. The molecule has 0 aliphatic carbocycles. The number of hydrogen-bond acceptors (Lipinski definition) is 3. The average molecular weight is 157 g/mol. The van der Waals surface area contributed by atoms with Crippen LogP contribution in [0.5, 0.6) is 0 Å².